The summed E-state index contributed by atoms with van der Waals surface area (Å²) < 4.78 is 1.96. The zero-order valence-corrected chi connectivity index (χ0v) is 13.7. The highest BCUT2D eigenvalue weighted by Crippen LogP contribution is 2.47. The van der Waals surface area contributed by atoms with E-state index in [1.807, 2.05) is 30.3 Å². The van der Waals surface area contributed by atoms with E-state index in [9.17, 15) is 14.4 Å². The van der Waals surface area contributed by atoms with Crippen LogP contribution in [-0.4, -0.2) is 15.0 Å². The van der Waals surface area contributed by atoms with Crippen LogP contribution in [0.15, 0.2) is 39.9 Å². The number of carbonyl (C=O) groups excluding carboxylic acids is 1. The fraction of sp³-hybridized carbons (Fsp3) is 0.278. The third kappa shape index (κ3) is 2.94. The molecule has 3 N–H and O–H groups in total. The van der Waals surface area contributed by atoms with Crippen LogP contribution in [0.2, 0.25) is 0 Å². The average Bonchev–Trinajstić information content (AvgIpc) is 3.42. The molecule has 128 valence electrons. The largest absolute Gasteiger partial charge is 0.383 e. The highest BCUT2D eigenvalue weighted by atomic mass is 16.2. The number of nitrogens with zero attached hydrogens (tertiary/aromatic N) is 2. The second kappa shape index (κ2) is 6.32. The number of anilines is 2. The Hall–Kier alpha value is -3.27. The lowest BCUT2D eigenvalue weighted by molar-refractivity contribution is -0.117. The van der Waals surface area contributed by atoms with E-state index in [-0.39, 0.29) is 35.8 Å². The molecule has 7 nitrogen and oxygen atoms in total. The van der Waals surface area contributed by atoms with Crippen LogP contribution in [0.5, 0.6) is 0 Å². The molecule has 0 saturated heterocycles. The lowest BCUT2D eigenvalue weighted by Crippen LogP contribution is -2.42. The molecule has 1 aliphatic rings. The monoisotopic (exact) mass is 338 g/mol. The molecule has 3 rings (SSSR count). The van der Waals surface area contributed by atoms with E-state index in [1.165, 1.54) is 7.05 Å². The van der Waals surface area contributed by atoms with Crippen molar-refractivity contribution in [3.8, 4) is 12.3 Å². The van der Waals surface area contributed by atoms with Gasteiger partial charge in [-0.25, -0.2) is 9.36 Å². The van der Waals surface area contributed by atoms with Crippen molar-refractivity contribution in [2.75, 3.05) is 11.1 Å². The molecule has 0 aliphatic heterocycles. The van der Waals surface area contributed by atoms with Crippen LogP contribution < -0.4 is 22.3 Å². The van der Waals surface area contributed by atoms with Crippen LogP contribution in [-0.2, 0) is 18.4 Å². The van der Waals surface area contributed by atoms with Gasteiger partial charge in [-0.05, 0) is 17.9 Å². The van der Waals surface area contributed by atoms with Crippen LogP contribution in [0, 0.1) is 18.3 Å². The summed E-state index contributed by atoms with van der Waals surface area (Å²) in [5.41, 5.74) is 5.51. The number of benzene rings is 1. The summed E-state index contributed by atoms with van der Waals surface area (Å²) in [7, 11) is 1.42. The Kier molecular flexibility index (Phi) is 4.19. The smallest absolute Gasteiger partial charge is 0.333 e. The molecule has 25 heavy (non-hydrogen) atoms. The topological polar surface area (TPSA) is 99.1 Å². The summed E-state index contributed by atoms with van der Waals surface area (Å²) in [6.07, 6.45) is 5.91. The molecule has 1 aromatic carbocycles. The maximum Gasteiger partial charge on any atom is 0.333 e. The lowest BCUT2D eigenvalue weighted by Gasteiger charge is -2.13. The SMILES string of the molecule is C#CCn1c(=O)c(NC(=O)[C@@H]2C[C@H]2c2ccccc2)c(N)n(C)c1=O. The molecule has 1 aromatic heterocycles. The molecule has 0 bridgehead atoms. The van der Waals surface area contributed by atoms with Crippen molar-refractivity contribution in [3.05, 3.63) is 56.7 Å². The molecular weight excluding hydrogens is 320 g/mol. The summed E-state index contributed by atoms with van der Waals surface area (Å²) in [6, 6.07) is 9.70. The molecule has 1 fully saturated rings. The Bertz CT molecular complexity index is 982. The van der Waals surface area contributed by atoms with Gasteiger partial charge in [0.1, 0.15) is 11.5 Å². The normalized spacial score (nSPS) is 18.4. The van der Waals surface area contributed by atoms with Crippen molar-refractivity contribution < 1.29 is 4.79 Å². The first kappa shape index (κ1) is 16.6. The number of hydrogen-bond acceptors (Lipinski definition) is 4. The second-order valence-electron chi connectivity index (χ2n) is 6.05. The van der Waals surface area contributed by atoms with E-state index in [4.69, 9.17) is 12.2 Å². The molecule has 0 spiro atoms. The van der Waals surface area contributed by atoms with Crippen molar-refractivity contribution in [2.24, 2.45) is 13.0 Å². The first-order valence-electron chi connectivity index (χ1n) is 7.84. The van der Waals surface area contributed by atoms with Crippen molar-refractivity contribution in [1.29, 1.82) is 0 Å². The fourth-order valence-electron chi connectivity index (χ4n) is 2.90. The zero-order chi connectivity index (χ0) is 18.1. The molecule has 2 atom stereocenters. The fourth-order valence-corrected chi connectivity index (χ4v) is 2.90. The van der Waals surface area contributed by atoms with Crippen LogP contribution in [0.25, 0.3) is 0 Å². The quantitative estimate of drug-likeness (QED) is 0.793. The summed E-state index contributed by atoms with van der Waals surface area (Å²) in [5.74, 6) is 1.78. The van der Waals surface area contributed by atoms with Crippen molar-refractivity contribution in [2.45, 2.75) is 18.9 Å². The molecule has 1 aliphatic carbocycles. The number of rotatable bonds is 4. The van der Waals surface area contributed by atoms with Gasteiger partial charge < -0.3 is 11.1 Å². The molecule has 1 heterocycles. The Morgan fingerprint density at radius 1 is 1.36 bits per heavy atom. The molecule has 1 amide bonds. The maximum atomic E-state index is 12.5. The molecule has 0 unspecified atom stereocenters. The van der Waals surface area contributed by atoms with Gasteiger partial charge in [0.25, 0.3) is 5.56 Å². The number of nitrogen functional groups attached to an aromatic ring is 1. The van der Waals surface area contributed by atoms with Crippen LogP contribution in [0.1, 0.15) is 17.9 Å². The van der Waals surface area contributed by atoms with E-state index >= 15 is 0 Å². The molecule has 1 saturated carbocycles. The van der Waals surface area contributed by atoms with Gasteiger partial charge in [-0.1, -0.05) is 36.3 Å². The predicted molar refractivity (Wildman–Crippen MR) is 95.1 cm³/mol. The number of hydrogen-bond donors (Lipinski definition) is 2. The number of carbonyl (C=O) groups is 1. The Morgan fingerprint density at radius 3 is 2.68 bits per heavy atom. The van der Waals surface area contributed by atoms with Gasteiger partial charge in [0.05, 0.1) is 6.54 Å². The van der Waals surface area contributed by atoms with Gasteiger partial charge in [-0.3, -0.25) is 14.2 Å². The lowest BCUT2D eigenvalue weighted by atomic mass is 10.1. The maximum absolute atomic E-state index is 12.5. The molecule has 0 radical (unpaired) electrons. The summed E-state index contributed by atoms with van der Waals surface area (Å²) in [4.78, 5) is 37.0. The highest BCUT2D eigenvalue weighted by molar-refractivity contribution is 5.97. The van der Waals surface area contributed by atoms with Crippen molar-refractivity contribution in [3.63, 3.8) is 0 Å². The predicted octanol–water partition coefficient (Wildman–Crippen LogP) is 0.505. The van der Waals surface area contributed by atoms with E-state index < -0.39 is 11.2 Å². The van der Waals surface area contributed by atoms with Crippen molar-refractivity contribution >= 4 is 17.4 Å². The number of terminal acetylenes is 1. The minimum atomic E-state index is -0.691. The van der Waals surface area contributed by atoms with Crippen LogP contribution >= 0.6 is 0 Å². The zero-order valence-electron chi connectivity index (χ0n) is 13.7. The van der Waals surface area contributed by atoms with Crippen LogP contribution in [0.3, 0.4) is 0 Å². The van der Waals surface area contributed by atoms with E-state index in [0.717, 1.165) is 14.7 Å². The van der Waals surface area contributed by atoms with Gasteiger partial charge >= 0.3 is 5.69 Å². The average molecular weight is 338 g/mol. The molecule has 2 aromatic rings. The van der Waals surface area contributed by atoms with E-state index in [1.54, 1.807) is 0 Å². The minimum absolute atomic E-state index is 0.0893. The first-order chi connectivity index (χ1) is 12.0. The van der Waals surface area contributed by atoms with Gasteiger partial charge in [-0.15, -0.1) is 6.42 Å². The first-order valence-corrected chi connectivity index (χ1v) is 7.84. The number of nitrogens with two attached hydrogens (primary N) is 1. The summed E-state index contributed by atoms with van der Waals surface area (Å²) in [5, 5.41) is 2.58. The third-order valence-electron chi connectivity index (χ3n) is 4.45. The van der Waals surface area contributed by atoms with Gasteiger partial charge in [0, 0.05) is 13.0 Å². The highest BCUT2D eigenvalue weighted by Gasteiger charge is 2.44. The molecular formula is C18H18N4O3. The Morgan fingerprint density at radius 2 is 2.04 bits per heavy atom. The van der Waals surface area contributed by atoms with Gasteiger partial charge in [0.15, 0.2) is 0 Å². The third-order valence-corrected chi connectivity index (χ3v) is 4.45. The number of aromatic nitrogens is 2. The van der Waals surface area contributed by atoms with Gasteiger partial charge in [0.2, 0.25) is 5.91 Å². The van der Waals surface area contributed by atoms with E-state index in [0.29, 0.717) is 6.42 Å². The Labute approximate surface area is 144 Å². The van der Waals surface area contributed by atoms with Crippen LogP contribution in [0.4, 0.5) is 11.5 Å². The summed E-state index contributed by atoms with van der Waals surface area (Å²) >= 11 is 0. The minimum Gasteiger partial charge on any atom is -0.383 e. The molecule has 7 heteroatoms. The Balaban J connectivity index is 1.87. The van der Waals surface area contributed by atoms with E-state index in [2.05, 4.69) is 11.2 Å². The van der Waals surface area contributed by atoms with Crippen molar-refractivity contribution in [1.82, 2.24) is 9.13 Å². The number of amides is 1. The van der Waals surface area contributed by atoms with Gasteiger partial charge in [-0.2, -0.15) is 0 Å². The summed E-state index contributed by atoms with van der Waals surface area (Å²) in [6.45, 7) is -0.190. The number of nitrogens with one attached hydrogen (secondary N) is 1. The second-order valence-corrected chi connectivity index (χ2v) is 6.05. The standard InChI is InChI=1S/C18H18N4O3/c1-3-9-22-17(24)14(15(19)21(2)18(22)25)20-16(23)13-10-12(13)11-7-5-4-6-8-11/h1,4-8,12-13H,9-10,19H2,2H3,(H,20,23)/t12-,13+/m0/s1.